The summed E-state index contributed by atoms with van der Waals surface area (Å²) < 4.78 is 0. The van der Waals surface area contributed by atoms with Crippen LogP contribution in [-0.2, 0) is 6.54 Å². The molecular formula is C13H17NO. The molecule has 1 aromatic rings. The van der Waals surface area contributed by atoms with Crippen molar-refractivity contribution in [3.05, 3.63) is 67.3 Å². The summed E-state index contributed by atoms with van der Waals surface area (Å²) >= 11 is 0. The highest BCUT2D eigenvalue weighted by Gasteiger charge is 1.86. The molecule has 3 N–H and O–H groups in total. The number of benzene rings is 1. The summed E-state index contributed by atoms with van der Waals surface area (Å²) in [6.07, 6.45) is 7.07. The maximum absolute atomic E-state index is 8.81. The van der Waals surface area contributed by atoms with Crippen molar-refractivity contribution in [2.24, 2.45) is 5.73 Å². The maximum atomic E-state index is 8.81. The van der Waals surface area contributed by atoms with Crippen LogP contribution in [0.1, 0.15) is 5.56 Å². The third kappa shape index (κ3) is 7.28. The zero-order valence-corrected chi connectivity index (χ0v) is 8.76. The van der Waals surface area contributed by atoms with Gasteiger partial charge in [0.1, 0.15) is 5.75 Å². The molecule has 15 heavy (non-hydrogen) atoms. The minimum absolute atomic E-state index is 0.284. The minimum atomic E-state index is 0.284. The van der Waals surface area contributed by atoms with Gasteiger partial charge >= 0.3 is 0 Å². The first kappa shape index (κ1) is 13.2. The molecule has 0 aliphatic rings. The van der Waals surface area contributed by atoms with Gasteiger partial charge in [-0.1, -0.05) is 49.6 Å². The van der Waals surface area contributed by atoms with Gasteiger partial charge in [-0.15, -0.1) is 0 Å². The lowest BCUT2D eigenvalue weighted by molar-refractivity contribution is 0.475. The molecule has 1 rings (SSSR count). The number of phenols is 1. The third-order valence-electron chi connectivity index (χ3n) is 1.56. The van der Waals surface area contributed by atoms with E-state index in [4.69, 9.17) is 10.8 Å². The van der Waals surface area contributed by atoms with Crippen LogP contribution in [0.4, 0.5) is 0 Å². The van der Waals surface area contributed by atoms with Crippen molar-refractivity contribution in [3.8, 4) is 5.75 Å². The summed E-state index contributed by atoms with van der Waals surface area (Å²) in [5, 5.41) is 8.81. The van der Waals surface area contributed by atoms with E-state index in [9.17, 15) is 0 Å². The molecule has 2 heteroatoms. The van der Waals surface area contributed by atoms with E-state index in [1.54, 1.807) is 36.4 Å². The van der Waals surface area contributed by atoms with E-state index in [0.29, 0.717) is 6.54 Å². The first-order valence-corrected chi connectivity index (χ1v) is 4.62. The normalized spacial score (nSPS) is 9.13. The van der Waals surface area contributed by atoms with Crippen LogP contribution >= 0.6 is 0 Å². The summed E-state index contributed by atoms with van der Waals surface area (Å²) in [6, 6.07) is 6.86. The van der Waals surface area contributed by atoms with Crippen LogP contribution in [-0.4, -0.2) is 5.11 Å². The van der Waals surface area contributed by atoms with Gasteiger partial charge in [0.05, 0.1) is 0 Å². The molecule has 1 aromatic carbocycles. The summed E-state index contributed by atoms with van der Waals surface area (Å²) in [4.78, 5) is 0. The number of phenolic OH excluding ortho intramolecular Hbond substituents is 1. The minimum Gasteiger partial charge on any atom is -0.508 e. The average Bonchev–Trinajstić information content (AvgIpc) is 2.28. The highest BCUT2D eigenvalue weighted by Crippen LogP contribution is 2.08. The van der Waals surface area contributed by atoms with Gasteiger partial charge in [-0.3, -0.25) is 0 Å². The number of hydrogen-bond donors (Lipinski definition) is 2. The van der Waals surface area contributed by atoms with Gasteiger partial charge in [0.15, 0.2) is 0 Å². The smallest absolute Gasteiger partial charge is 0.115 e. The van der Waals surface area contributed by atoms with Crippen LogP contribution in [0.2, 0.25) is 0 Å². The van der Waals surface area contributed by atoms with E-state index >= 15 is 0 Å². The first-order chi connectivity index (χ1) is 7.24. The van der Waals surface area contributed by atoms with Crippen molar-refractivity contribution < 1.29 is 5.11 Å². The Morgan fingerprint density at radius 1 is 1.07 bits per heavy atom. The number of aromatic hydroxyl groups is 1. The first-order valence-electron chi connectivity index (χ1n) is 4.62. The molecule has 0 aliphatic carbocycles. The number of rotatable bonds is 3. The Kier molecular flexibility index (Phi) is 7.73. The topological polar surface area (TPSA) is 46.2 Å². The zero-order chi connectivity index (χ0) is 11.5. The summed E-state index contributed by atoms with van der Waals surface area (Å²) in [7, 11) is 0. The molecule has 0 unspecified atom stereocenters. The molecule has 0 amide bonds. The van der Waals surface area contributed by atoms with Crippen molar-refractivity contribution in [3.63, 3.8) is 0 Å². The molecule has 0 heterocycles. The number of hydrogen-bond acceptors (Lipinski definition) is 2. The van der Waals surface area contributed by atoms with E-state index < -0.39 is 0 Å². The van der Waals surface area contributed by atoms with Crippen LogP contribution in [0.3, 0.4) is 0 Å². The second kappa shape index (κ2) is 8.78. The van der Waals surface area contributed by atoms with E-state index in [2.05, 4.69) is 13.2 Å². The highest BCUT2D eigenvalue weighted by atomic mass is 16.3. The standard InChI is InChI=1S/C7H9NO.C6H8/c8-5-6-1-3-7(9)4-2-6;1-3-5-6-4-2/h1-4,9H,5,8H2;3-6H,1-2H2/b;6-5-. The van der Waals surface area contributed by atoms with E-state index in [1.807, 2.05) is 12.2 Å². The van der Waals surface area contributed by atoms with Gasteiger partial charge in [0.2, 0.25) is 0 Å². The fourth-order valence-electron chi connectivity index (χ4n) is 0.789. The van der Waals surface area contributed by atoms with E-state index in [0.717, 1.165) is 5.56 Å². The quantitative estimate of drug-likeness (QED) is 0.742. The Hall–Kier alpha value is -1.80. The summed E-state index contributed by atoms with van der Waals surface area (Å²) in [5.74, 6) is 0.284. The molecule has 0 aromatic heterocycles. The summed E-state index contributed by atoms with van der Waals surface area (Å²) in [6.45, 7) is 7.46. The zero-order valence-electron chi connectivity index (χ0n) is 8.76. The number of nitrogens with two attached hydrogens (primary N) is 1. The van der Waals surface area contributed by atoms with Crippen LogP contribution in [0.15, 0.2) is 61.7 Å². The monoisotopic (exact) mass is 203 g/mol. The SMILES string of the molecule is C=C/C=C\C=C.NCc1ccc(O)cc1. The maximum Gasteiger partial charge on any atom is 0.115 e. The van der Waals surface area contributed by atoms with Crippen LogP contribution in [0, 0.1) is 0 Å². The molecular weight excluding hydrogens is 186 g/mol. The van der Waals surface area contributed by atoms with Gasteiger partial charge in [-0.2, -0.15) is 0 Å². The second-order valence-corrected chi connectivity index (χ2v) is 2.73. The fourth-order valence-corrected chi connectivity index (χ4v) is 0.789. The van der Waals surface area contributed by atoms with Crippen LogP contribution in [0.25, 0.3) is 0 Å². The van der Waals surface area contributed by atoms with E-state index in [-0.39, 0.29) is 5.75 Å². The Morgan fingerprint density at radius 2 is 1.53 bits per heavy atom. The molecule has 0 fully saturated rings. The van der Waals surface area contributed by atoms with Crippen molar-refractivity contribution >= 4 is 0 Å². The largest absolute Gasteiger partial charge is 0.508 e. The summed E-state index contributed by atoms with van der Waals surface area (Å²) in [5.41, 5.74) is 6.35. The Labute approximate surface area is 91.1 Å². The highest BCUT2D eigenvalue weighted by molar-refractivity contribution is 5.25. The van der Waals surface area contributed by atoms with Gasteiger partial charge in [-0.25, -0.2) is 0 Å². The molecule has 0 atom stereocenters. The number of allylic oxidation sites excluding steroid dienone is 4. The van der Waals surface area contributed by atoms with Gasteiger partial charge in [0, 0.05) is 6.54 Å². The molecule has 0 radical (unpaired) electrons. The van der Waals surface area contributed by atoms with Gasteiger partial charge in [-0.05, 0) is 17.7 Å². The second-order valence-electron chi connectivity index (χ2n) is 2.73. The lowest BCUT2D eigenvalue weighted by Crippen LogP contribution is -1.94. The average molecular weight is 203 g/mol. The van der Waals surface area contributed by atoms with Crippen molar-refractivity contribution in [1.82, 2.24) is 0 Å². The van der Waals surface area contributed by atoms with E-state index in [1.165, 1.54) is 0 Å². The molecule has 0 saturated carbocycles. The third-order valence-corrected chi connectivity index (χ3v) is 1.56. The molecule has 0 saturated heterocycles. The van der Waals surface area contributed by atoms with Crippen LogP contribution < -0.4 is 5.73 Å². The van der Waals surface area contributed by atoms with Gasteiger partial charge in [0.25, 0.3) is 0 Å². The van der Waals surface area contributed by atoms with Crippen molar-refractivity contribution in [1.29, 1.82) is 0 Å². The lowest BCUT2D eigenvalue weighted by Gasteiger charge is -1.93. The lowest BCUT2D eigenvalue weighted by atomic mass is 10.2. The molecule has 0 bridgehead atoms. The van der Waals surface area contributed by atoms with Gasteiger partial charge < -0.3 is 10.8 Å². The Balaban J connectivity index is 0.000000288. The fraction of sp³-hybridized carbons (Fsp3) is 0.0769. The van der Waals surface area contributed by atoms with Crippen molar-refractivity contribution in [2.45, 2.75) is 6.54 Å². The molecule has 0 aliphatic heterocycles. The predicted octanol–water partition coefficient (Wildman–Crippen LogP) is 2.77. The Morgan fingerprint density at radius 3 is 1.87 bits per heavy atom. The Bertz CT molecular complexity index is 302. The molecule has 2 nitrogen and oxygen atoms in total. The predicted molar refractivity (Wildman–Crippen MR) is 65.5 cm³/mol. The molecule has 80 valence electrons. The molecule has 0 spiro atoms. The van der Waals surface area contributed by atoms with Crippen LogP contribution in [0.5, 0.6) is 5.75 Å². The van der Waals surface area contributed by atoms with Crippen molar-refractivity contribution in [2.75, 3.05) is 0 Å².